The van der Waals surface area contributed by atoms with Gasteiger partial charge >= 0.3 is 0 Å². The van der Waals surface area contributed by atoms with Gasteiger partial charge in [-0.2, -0.15) is 0 Å². The third-order valence-corrected chi connectivity index (χ3v) is 1.47. The molecule has 0 rings (SSSR count). The average Bonchev–Trinajstić information content (AvgIpc) is 2.02. The number of aliphatic hydroxyl groups excluding tert-OH is 1. The van der Waals surface area contributed by atoms with E-state index in [1.165, 1.54) is 6.08 Å². The first-order chi connectivity index (χ1) is 6.04. The molecule has 13 heavy (non-hydrogen) atoms. The number of hydrogen-bond donors (Lipinski definition) is 3. The Bertz CT molecular complexity index is 223. The summed E-state index contributed by atoms with van der Waals surface area (Å²) in [6, 6.07) is 0. The molecule has 0 bridgehead atoms. The van der Waals surface area contributed by atoms with E-state index in [-0.39, 0.29) is 5.91 Å². The molecule has 0 fully saturated rings. The van der Waals surface area contributed by atoms with Gasteiger partial charge in [0, 0.05) is 6.42 Å². The van der Waals surface area contributed by atoms with Gasteiger partial charge in [-0.3, -0.25) is 9.59 Å². The fraction of sp³-hybridized carbons (Fsp3) is 0.500. The molecule has 5 heteroatoms. The number of aliphatic hydroxyl groups is 1. The van der Waals surface area contributed by atoms with Crippen molar-refractivity contribution in [1.29, 1.82) is 0 Å². The van der Waals surface area contributed by atoms with Gasteiger partial charge < -0.3 is 16.6 Å². The van der Waals surface area contributed by atoms with Crippen LogP contribution >= 0.6 is 0 Å². The molecule has 0 aliphatic rings. The number of carbonyl (C=O) groups excluding carboxylic acids is 2. The second kappa shape index (κ2) is 6.05. The predicted octanol–water partition coefficient (Wildman–Crippen LogP) is -0.0407. The molecule has 0 spiro atoms. The number of allylic oxidation sites excluding steroid dienone is 1. The summed E-state index contributed by atoms with van der Waals surface area (Å²) in [6.45, 7) is 0. The molecular formula is C8H14N2O3. The Morgan fingerprint density at radius 3 is 2.31 bits per heavy atom. The molecule has 0 unspecified atom stereocenters. The van der Waals surface area contributed by atoms with E-state index in [0.29, 0.717) is 25.7 Å². The number of rotatable bonds is 6. The Morgan fingerprint density at radius 2 is 1.85 bits per heavy atom. The Labute approximate surface area is 76.4 Å². The van der Waals surface area contributed by atoms with Crippen molar-refractivity contribution in [2.75, 3.05) is 0 Å². The van der Waals surface area contributed by atoms with Gasteiger partial charge in [-0.05, 0) is 25.3 Å². The fourth-order valence-electron chi connectivity index (χ4n) is 0.783. The smallest absolute Gasteiger partial charge is 0.283 e. The van der Waals surface area contributed by atoms with Gasteiger partial charge in [0.05, 0.1) is 0 Å². The molecule has 0 atom stereocenters. The molecular weight excluding hydrogens is 172 g/mol. The molecule has 0 heterocycles. The standard InChI is InChI=1S/C8H14N2O3/c9-7(12)5-3-1-2-4-6(11)8(10)13/h4,11H,1-3,5H2,(H2,9,12)(H2,10,13). The first-order valence-corrected chi connectivity index (χ1v) is 4.01. The van der Waals surface area contributed by atoms with Crippen LogP contribution in [0.4, 0.5) is 0 Å². The van der Waals surface area contributed by atoms with Crippen LogP contribution in [0.5, 0.6) is 0 Å². The molecule has 5 N–H and O–H groups in total. The van der Waals surface area contributed by atoms with E-state index >= 15 is 0 Å². The summed E-state index contributed by atoms with van der Waals surface area (Å²) < 4.78 is 0. The lowest BCUT2D eigenvalue weighted by molar-refractivity contribution is -0.118. The third-order valence-electron chi connectivity index (χ3n) is 1.47. The second-order valence-electron chi connectivity index (χ2n) is 2.67. The zero-order valence-electron chi connectivity index (χ0n) is 7.32. The maximum atomic E-state index is 10.3. The lowest BCUT2D eigenvalue weighted by atomic mass is 10.2. The van der Waals surface area contributed by atoms with E-state index in [4.69, 9.17) is 16.6 Å². The van der Waals surface area contributed by atoms with Crippen molar-refractivity contribution < 1.29 is 14.7 Å². The van der Waals surface area contributed by atoms with Crippen LogP contribution < -0.4 is 11.5 Å². The monoisotopic (exact) mass is 186 g/mol. The molecule has 74 valence electrons. The predicted molar refractivity (Wildman–Crippen MR) is 47.6 cm³/mol. The maximum Gasteiger partial charge on any atom is 0.283 e. The summed E-state index contributed by atoms with van der Waals surface area (Å²) in [7, 11) is 0. The van der Waals surface area contributed by atoms with Crippen LogP contribution in [-0.4, -0.2) is 16.9 Å². The minimum atomic E-state index is -0.838. The molecule has 0 aromatic carbocycles. The average molecular weight is 186 g/mol. The third kappa shape index (κ3) is 6.86. The summed E-state index contributed by atoms with van der Waals surface area (Å²) in [5.74, 6) is -1.61. The van der Waals surface area contributed by atoms with E-state index in [1.807, 2.05) is 0 Å². The Morgan fingerprint density at radius 1 is 1.23 bits per heavy atom. The maximum absolute atomic E-state index is 10.3. The second-order valence-corrected chi connectivity index (χ2v) is 2.67. The summed E-state index contributed by atoms with van der Waals surface area (Å²) in [4.78, 5) is 20.6. The van der Waals surface area contributed by atoms with Crippen LogP contribution in [-0.2, 0) is 9.59 Å². The number of primary amides is 2. The van der Waals surface area contributed by atoms with Gasteiger partial charge in [-0.1, -0.05) is 0 Å². The highest BCUT2D eigenvalue weighted by molar-refractivity contribution is 5.89. The number of carbonyl (C=O) groups is 2. The number of unbranched alkanes of at least 4 members (excludes halogenated alkanes) is 2. The van der Waals surface area contributed by atoms with Crippen molar-refractivity contribution >= 4 is 11.8 Å². The summed E-state index contributed by atoms with van der Waals surface area (Å²) in [6.07, 6.45) is 3.52. The van der Waals surface area contributed by atoms with Crippen LogP contribution in [0.25, 0.3) is 0 Å². The van der Waals surface area contributed by atoms with Crippen LogP contribution in [0.15, 0.2) is 11.8 Å². The summed E-state index contributed by atoms with van der Waals surface area (Å²) in [5.41, 5.74) is 9.67. The molecule has 0 saturated heterocycles. The van der Waals surface area contributed by atoms with E-state index in [1.54, 1.807) is 0 Å². The van der Waals surface area contributed by atoms with Gasteiger partial charge in [0.1, 0.15) is 0 Å². The molecule has 0 radical (unpaired) electrons. The lowest BCUT2D eigenvalue weighted by Gasteiger charge is -1.95. The number of amides is 2. The molecule has 0 aliphatic heterocycles. The van der Waals surface area contributed by atoms with Crippen LogP contribution in [0, 0.1) is 0 Å². The van der Waals surface area contributed by atoms with E-state index < -0.39 is 11.7 Å². The molecule has 0 aromatic heterocycles. The first-order valence-electron chi connectivity index (χ1n) is 4.01. The van der Waals surface area contributed by atoms with Gasteiger partial charge in [-0.15, -0.1) is 0 Å². The molecule has 0 saturated carbocycles. The zero-order chi connectivity index (χ0) is 10.3. The van der Waals surface area contributed by atoms with Gasteiger partial charge in [0.15, 0.2) is 5.76 Å². The molecule has 2 amide bonds. The van der Waals surface area contributed by atoms with Crippen molar-refractivity contribution in [3.63, 3.8) is 0 Å². The zero-order valence-corrected chi connectivity index (χ0v) is 7.32. The van der Waals surface area contributed by atoms with Gasteiger partial charge in [0.25, 0.3) is 5.91 Å². The SMILES string of the molecule is NC(=O)CCCCC=C(O)C(N)=O. The minimum Gasteiger partial charge on any atom is -0.503 e. The van der Waals surface area contributed by atoms with Crippen molar-refractivity contribution in [3.05, 3.63) is 11.8 Å². The summed E-state index contributed by atoms with van der Waals surface area (Å²) in [5, 5.41) is 8.83. The van der Waals surface area contributed by atoms with Crippen LogP contribution in [0.1, 0.15) is 25.7 Å². The Balaban J connectivity index is 3.50. The minimum absolute atomic E-state index is 0.325. The van der Waals surface area contributed by atoms with Crippen molar-refractivity contribution in [2.24, 2.45) is 11.5 Å². The topological polar surface area (TPSA) is 106 Å². The van der Waals surface area contributed by atoms with Crippen molar-refractivity contribution in [3.8, 4) is 0 Å². The van der Waals surface area contributed by atoms with Crippen molar-refractivity contribution in [1.82, 2.24) is 0 Å². The van der Waals surface area contributed by atoms with E-state index in [0.717, 1.165) is 0 Å². The van der Waals surface area contributed by atoms with Crippen LogP contribution in [0.3, 0.4) is 0 Å². The van der Waals surface area contributed by atoms with Gasteiger partial charge in [0.2, 0.25) is 5.91 Å². The number of hydrogen-bond acceptors (Lipinski definition) is 3. The molecule has 0 aromatic rings. The number of nitrogens with two attached hydrogens (primary N) is 2. The lowest BCUT2D eigenvalue weighted by Crippen LogP contribution is -2.13. The summed E-state index contributed by atoms with van der Waals surface area (Å²) >= 11 is 0. The van der Waals surface area contributed by atoms with E-state index in [9.17, 15) is 9.59 Å². The highest BCUT2D eigenvalue weighted by Crippen LogP contribution is 2.01. The van der Waals surface area contributed by atoms with Gasteiger partial charge in [-0.25, -0.2) is 0 Å². The van der Waals surface area contributed by atoms with E-state index in [2.05, 4.69) is 0 Å². The van der Waals surface area contributed by atoms with Crippen molar-refractivity contribution in [2.45, 2.75) is 25.7 Å². The largest absolute Gasteiger partial charge is 0.503 e. The highest BCUT2D eigenvalue weighted by atomic mass is 16.3. The first kappa shape index (κ1) is 11.5. The Hall–Kier alpha value is -1.52. The normalized spacial score (nSPS) is 11.2. The highest BCUT2D eigenvalue weighted by Gasteiger charge is 1.99. The van der Waals surface area contributed by atoms with Crippen LogP contribution in [0.2, 0.25) is 0 Å². The fourth-order valence-corrected chi connectivity index (χ4v) is 0.783. The Kier molecular flexibility index (Phi) is 5.34. The quantitative estimate of drug-likeness (QED) is 0.308. The molecule has 5 nitrogen and oxygen atoms in total. The molecule has 0 aliphatic carbocycles.